The van der Waals surface area contributed by atoms with Crippen molar-refractivity contribution in [2.24, 2.45) is 5.73 Å². The molecule has 21 heavy (non-hydrogen) atoms. The van der Waals surface area contributed by atoms with E-state index < -0.39 is 6.04 Å². The normalized spacial score (nSPS) is 17.1. The standard InChI is InChI=1S/C15H21N3O2.ClH/c1-10(16)15(20)17-11(2)12-5-3-6-13(9-12)18-8-4-7-14(18)19;/h3,5-6,9-11H,4,7-8,16H2,1-2H3,(H,17,20);1H/t10-,11?;/m1./s1. The van der Waals surface area contributed by atoms with Crippen LogP contribution in [0.15, 0.2) is 24.3 Å². The number of halogens is 1. The summed E-state index contributed by atoms with van der Waals surface area (Å²) in [5, 5.41) is 2.86. The van der Waals surface area contributed by atoms with E-state index in [1.807, 2.05) is 31.2 Å². The first-order valence-electron chi connectivity index (χ1n) is 6.95. The molecule has 3 N–H and O–H groups in total. The van der Waals surface area contributed by atoms with E-state index in [4.69, 9.17) is 5.73 Å². The summed E-state index contributed by atoms with van der Waals surface area (Å²) in [5.41, 5.74) is 7.41. The largest absolute Gasteiger partial charge is 0.348 e. The Balaban J connectivity index is 0.00000220. The Labute approximate surface area is 131 Å². The van der Waals surface area contributed by atoms with Crippen LogP contribution >= 0.6 is 12.4 Å². The van der Waals surface area contributed by atoms with Gasteiger partial charge in [-0.25, -0.2) is 0 Å². The quantitative estimate of drug-likeness (QED) is 0.889. The number of carbonyl (C=O) groups is 2. The Hall–Kier alpha value is -1.59. The molecule has 1 aliphatic heterocycles. The van der Waals surface area contributed by atoms with Crippen LogP contribution in [0.1, 0.15) is 38.3 Å². The summed E-state index contributed by atoms with van der Waals surface area (Å²) in [6.07, 6.45) is 1.52. The molecule has 2 atom stereocenters. The fraction of sp³-hybridized carbons (Fsp3) is 0.467. The van der Waals surface area contributed by atoms with E-state index >= 15 is 0 Å². The molecule has 116 valence electrons. The molecule has 1 saturated heterocycles. The molecule has 0 aliphatic carbocycles. The maximum absolute atomic E-state index is 11.8. The predicted octanol–water partition coefficient (Wildman–Crippen LogP) is 1.76. The molecular weight excluding hydrogens is 290 g/mol. The van der Waals surface area contributed by atoms with Crippen LogP contribution in [0, 0.1) is 0 Å². The van der Waals surface area contributed by atoms with Crippen molar-refractivity contribution in [1.82, 2.24) is 5.32 Å². The van der Waals surface area contributed by atoms with E-state index in [9.17, 15) is 9.59 Å². The van der Waals surface area contributed by atoms with Crippen LogP contribution < -0.4 is 16.0 Å². The van der Waals surface area contributed by atoms with E-state index in [1.54, 1.807) is 11.8 Å². The number of anilines is 1. The van der Waals surface area contributed by atoms with Crippen molar-refractivity contribution in [2.75, 3.05) is 11.4 Å². The van der Waals surface area contributed by atoms with Crippen molar-refractivity contribution in [3.63, 3.8) is 0 Å². The van der Waals surface area contributed by atoms with Crippen molar-refractivity contribution in [2.45, 2.75) is 38.8 Å². The number of benzene rings is 1. The molecule has 1 aromatic rings. The number of nitrogens with two attached hydrogens (primary N) is 1. The lowest BCUT2D eigenvalue weighted by Crippen LogP contribution is -2.39. The van der Waals surface area contributed by atoms with E-state index in [0.717, 1.165) is 24.2 Å². The SMILES string of the molecule is CC(NC(=O)[C@@H](C)N)c1cccc(N2CCCC2=O)c1.Cl. The van der Waals surface area contributed by atoms with E-state index in [0.29, 0.717) is 6.42 Å². The zero-order valence-corrected chi connectivity index (χ0v) is 13.2. The average molecular weight is 312 g/mol. The van der Waals surface area contributed by atoms with Gasteiger partial charge in [-0.05, 0) is 38.0 Å². The Morgan fingerprint density at radius 1 is 1.38 bits per heavy atom. The minimum Gasteiger partial charge on any atom is -0.348 e. The third kappa shape index (κ3) is 4.19. The third-order valence-electron chi connectivity index (χ3n) is 3.53. The molecule has 0 spiro atoms. The van der Waals surface area contributed by atoms with Gasteiger partial charge in [0, 0.05) is 18.7 Å². The summed E-state index contributed by atoms with van der Waals surface area (Å²) in [6.45, 7) is 4.33. The van der Waals surface area contributed by atoms with Gasteiger partial charge in [-0.15, -0.1) is 12.4 Å². The zero-order valence-electron chi connectivity index (χ0n) is 12.3. The van der Waals surface area contributed by atoms with Crippen LogP contribution in [0.2, 0.25) is 0 Å². The second-order valence-electron chi connectivity index (χ2n) is 5.26. The summed E-state index contributed by atoms with van der Waals surface area (Å²) in [4.78, 5) is 25.2. The lowest BCUT2D eigenvalue weighted by molar-refractivity contribution is -0.122. The van der Waals surface area contributed by atoms with Crippen molar-refractivity contribution in [1.29, 1.82) is 0 Å². The van der Waals surface area contributed by atoms with E-state index in [1.165, 1.54) is 0 Å². The molecule has 0 radical (unpaired) electrons. The van der Waals surface area contributed by atoms with Gasteiger partial charge in [0.1, 0.15) is 0 Å². The molecule has 6 heteroatoms. The molecule has 1 fully saturated rings. The van der Waals surface area contributed by atoms with Gasteiger partial charge in [0.05, 0.1) is 12.1 Å². The van der Waals surface area contributed by atoms with Gasteiger partial charge in [0.2, 0.25) is 11.8 Å². The molecule has 1 aromatic carbocycles. The maximum Gasteiger partial charge on any atom is 0.237 e. The minimum absolute atomic E-state index is 0. The summed E-state index contributed by atoms with van der Waals surface area (Å²) in [6, 6.07) is 7.07. The van der Waals surface area contributed by atoms with Crippen LogP contribution in [0.25, 0.3) is 0 Å². The number of hydrogen-bond donors (Lipinski definition) is 2. The van der Waals surface area contributed by atoms with Gasteiger partial charge in [-0.2, -0.15) is 0 Å². The minimum atomic E-state index is -0.527. The number of hydrogen-bond acceptors (Lipinski definition) is 3. The number of carbonyl (C=O) groups excluding carboxylic acids is 2. The number of nitrogens with zero attached hydrogens (tertiary/aromatic N) is 1. The Morgan fingerprint density at radius 2 is 2.10 bits per heavy atom. The molecule has 1 aliphatic rings. The number of nitrogens with one attached hydrogen (secondary N) is 1. The smallest absolute Gasteiger partial charge is 0.237 e. The molecule has 2 amide bonds. The summed E-state index contributed by atoms with van der Waals surface area (Å²) in [5.74, 6) is -0.0189. The lowest BCUT2D eigenvalue weighted by atomic mass is 10.1. The van der Waals surface area contributed by atoms with Gasteiger partial charge >= 0.3 is 0 Å². The first-order chi connectivity index (χ1) is 9.49. The highest BCUT2D eigenvalue weighted by molar-refractivity contribution is 5.95. The Kier molecular flexibility index (Phi) is 6.18. The van der Waals surface area contributed by atoms with Crippen LogP contribution in [-0.2, 0) is 9.59 Å². The number of amides is 2. The first kappa shape index (κ1) is 17.5. The van der Waals surface area contributed by atoms with E-state index in [2.05, 4.69) is 5.32 Å². The molecule has 5 nitrogen and oxygen atoms in total. The highest BCUT2D eigenvalue weighted by Gasteiger charge is 2.22. The first-order valence-corrected chi connectivity index (χ1v) is 6.95. The monoisotopic (exact) mass is 311 g/mol. The topological polar surface area (TPSA) is 75.4 Å². The van der Waals surface area contributed by atoms with Crippen LogP contribution in [-0.4, -0.2) is 24.4 Å². The molecule has 2 rings (SSSR count). The van der Waals surface area contributed by atoms with Gasteiger partial charge in [0.25, 0.3) is 0 Å². The van der Waals surface area contributed by atoms with Crippen molar-refractivity contribution >= 4 is 29.9 Å². The van der Waals surface area contributed by atoms with E-state index in [-0.39, 0.29) is 30.3 Å². The van der Waals surface area contributed by atoms with Crippen LogP contribution in [0.4, 0.5) is 5.69 Å². The summed E-state index contributed by atoms with van der Waals surface area (Å²) < 4.78 is 0. The Bertz CT molecular complexity index is 519. The third-order valence-corrected chi connectivity index (χ3v) is 3.53. The zero-order chi connectivity index (χ0) is 14.7. The van der Waals surface area contributed by atoms with Gasteiger partial charge in [-0.3, -0.25) is 9.59 Å². The fourth-order valence-electron chi connectivity index (χ4n) is 2.31. The van der Waals surface area contributed by atoms with Gasteiger partial charge in [-0.1, -0.05) is 12.1 Å². The fourth-order valence-corrected chi connectivity index (χ4v) is 2.31. The molecular formula is C15H22ClN3O2. The predicted molar refractivity (Wildman–Crippen MR) is 85.5 cm³/mol. The van der Waals surface area contributed by atoms with Crippen molar-refractivity contribution in [3.8, 4) is 0 Å². The van der Waals surface area contributed by atoms with Gasteiger partial charge < -0.3 is 16.0 Å². The lowest BCUT2D eigenvalue weighted by Gasteiger charge is -2.20. The maximum atomic E-state index is 11.8. The Morgan fingerprint density at radius 3 is 2.67 bits per heavy atom. The van der Waals surface area contributed by atoms with Gasteiger partial charge in [0.15, 0.2) is 0 Å². The second-order valence-corrected chi connectivity index (χ2v) is 5.26. The summed E-state index contributed by atoms with van der Waals surface area (Å²) in [7, 11) is 0. The highest BCUT2D eigenvalue weighted by Crippen LogP contribution is 2.24. The molecule has 0 aromatic heterocycles. The average Bonchev–Trinajstić information content (AvgIpc) is 2.85. The molecule has 0 saturated carbocycles. The molecule has 1 unspecified atom stereocenters. The van der Waals surface area contributed by atoms with Crippen LogP contribution in [0.3, 0.4) is 0 Å². The molecule has 1 heterocycles. The van der Waals surface area contributed by atoms with Crippen molar-refractivity contribution in [3.05, 3.63) is 29.8 Å². The molecule has 0 bridgehead atoms. The number of rotatable bonds is 4. The van der Waals surface area contributed by atoms with Crippen molar-refractivity contribution < 1.29 is 9.59 Å². The summed E-state index contributed by atoms with van der Waals surface area (Å²) >= 11 is 0. The highest BCUT2D eigenvalue weighted by atomic mass is 35.5. The second kappa shape index (κ2) is 7.43. The van der Waals surface area contributed by atoms with Crippen LogP contribution in [0.5, 0.6) is 0 Å².